The van der Waals surface area contributed by atoms with Crippen molar-refractivity contribution in [3.63, 3.8) is 0 Å². The second-order valence-corrected chi connectivity index (χ2v) is 11.3. The standard InChI is InChI=1S/C30H37N3O5S/c1-7-8-9-12-33(5)29(34)21-13-19(14-22(21)30(35)36)38-26-15-23(28-32-24(16-39-28)17(2)3)31-27-18(4)25(37-6)11-10-20(26)27/h7,10-11,15-17,19,21-22H,1,8-9,12-14H2,2-6H3,(H,35,36)/t19-,21+,22+/m0/s1. The normalized spacial score (nSPS) is 18.9. The molecule has 0 bridgehead atoms. The third kappa shape index (κ3) is 6.08. The van der Waals surface area contributed by atoms with Crippen LogP contribution >= 0.6 is 11.3 Å². The first kappa shape index (κ1) is 28.5. The molecule has 8 nitrogen and oxygen atoms in total. The summed E-state index contributed by atoms with van der Waals surface area (Å²) < 4.78 is 12.1. The lowest BCUT2D eigenvalue weighted by atomic mass is 9.95. The van der Waals surface area contributed by atoms with Crippen LogP contribution in [0.4, 0.5) is 0 Å². The SMILES string of the molecule is C=CCCCN(C)C(=O)[C@@H]1C[C@H](Oc2cc(-c3nc(C(C)C)cs3)nc3c(C)c(OC)ccc23)C[C@H]1C(=O)O. The van der Waals surface area contributed by atoms with Crippen LogP contribution < -0.4 is 9.47 Å². The van der Waals surface area contributed by atoms with Gasteiger partial charge in [-0.25, -0.2) is 9.97 Å². The number of rotatable bonds is 11. The number of thiazole rings is 1. The number of benzene rings is 1. The number of carbonyl (C=O) groups is 2. The van der Waals surface area contributed by atoms with Crippen molar-refractivity contribution < 1.29 is 24.2 Å². The highest BCUT2D eigenvalue weighted by molar-refractivity contribution is 7.13. The van der Waals surface area contributed by atoms with Crippen LogP contribution in [0.3, 0.4) is 0 Å². The lowest BCUT2D eigenvalue weighted by molar-refractivity contribution is -0.148. The maximum absolute atomic E-state index is 13.2. The molecule has 2 heterocycles. The molecule has 3 aromatic rings. The van der Waals surface area contributed by atoms with Crippen molar-refractivity contribution in [1.29, 1.82) is 0 Å². The average Bonchev–Trinajstić information content (AvgIpc) is 3.57. The Morgan fingerprint density at radius 3 is 2.62 bits per heavy atom. The fourth-order valence-corrected chi connectivity index (χ4v) is 6.10. The number of nitrogens with zero attached hydrogens (tertiary/aromatic N) is 3. The summed E-state index contributed by atoms with van der Waals surface area (Å²) in [6, 6.07) is 5.67. The third-order valence-electron chi connectivity index (χ3n) is 7.42. The van der Waals surface area contributed by atoms with E-state index < -0.39 is 23.9 Å². The number of aliphatic carboxylic acids is 1. The van der Waals surface area contributed by atoms with Gasteiger partial charge >= 0.3 is 5.97 Å². The number of allylic oxidation sites excluding steroid dienone is 1. The van der Waals surface area contributed by atoms with Crippen molar-refractivity contribution >= 4 is 34.1 Å². The molecule has 0 unspecified atom stereocenters. The number of aryl methyl sites for hydroxylation is 1. The smallest absolute Gasteiger partial charge is 0.307 e. The van der Waals surface area contributed by atoms with Gasteiger partial charge in [-0.3, -0.25) is 9.59 Å². The van der Waals surface area contributed by atoms with Crippen LogP contribution in [0.25, 0.3) is 21.6 Å². The molecular weight excluding hydrogens is 514 g/mol. The summed E-state index contributed by atoms with van der Waals surface area (Å²) in [5.41, 5.74) is 3.31. The first-order valence-corrected chi connectivity index (χ1v) is 14.2. The quantitative estimate of drug-likeness (QED) is 0.228. The molecule has 4 rings (SSSR count). The summed E-state index contributed by atoms with van der Waals surface area (Å²) in [6.07, 6.45) is 3.58. The minimum atomic E-state index is -0.969. The number of hydrogen-bond donors (Lipinski definition) is 1. The molecule has 1 aliphatic carbocycles. The van der Waals surface area contributed by atoms with Crippen molar-refractivity contribution in [2.24, 2.45) is 11.8 Å². The van der Waals surface area contributed by atoms with E-state index in [1.54, 1.807) is 19.1 Å². The van der Waals surface area contributed by atoms with Crippen LogP contribution in [0, 0.1) is 18.8 Å². The van der Waals surface area contributed by atoms with Gasteiger partial charge in [0.05, 0.1) is 30.2 Å². The predicted octanol–water partition coefficient (Wildman–Crippen LogP) is 6.08. The Morgan fingerprint density at radius 2 is 1.97 bits per heavy atom. The summed E-state index contributed by atoms with van der Waals surface area (Å²) in [7, 11) is 3.36. The maximum Gasteiger partial charge on any atom is 0.307 e. The van der Waals surface area contributed by atoms with Gasteiger partial charge in [0.15, 0.2) is 0 Å². The second kappa shape index (κ2) is 12.2. The summed E-state index contributed by atoms with van der Waals surface area (Å²) in [5, 5.41) is 13.6. The highest BCUT2D eigenvalue weighted by Gasteiger charge is 2.45. The van der Waals surface area contributed by atoms with Gasteiger partial charge in [0.25, 0.3) is 0 Å². The molecule has 0 spiro atoms. The molecule has 1 aliphatic rings. The Bertz CT molecular complexity index is 1370. The Hall–Kier alpha value is -3.46. The molecule has 208 valence electrons. The lowest BCUT2D eigenvalue weighted by Gasteiger charge is -2.23. The Morgan fingerprint density at radius 1 is 1.23 bits per heavy atom. The van der Waals surface area contributed by atoms with Gasteiger partial charge in [0, 0.05) is 36.0 Å². The van der Waals surface area contributed by atoms with Gasteiger partial charge in [-0.1, -0.05) is 19.9 Å². The van der Waals surface area contributed by atoms with Crippen LogP contribution in [-0.4, -0.2) is 58.7 Å². The van der Waals surface area contributed by atoms with Crippen molar-refractivity contribution in [2.75, 3.05) is 20.7 Å². The molecule has 2 aromatic heterocycles. The fourth-order valence-electron chi connectivity index (χ4n) is 5.16. The number of ether oxygens (including phenoxy) is 2. The Kier molecular flexibility index (Phi) is 8.90. The molecule has 0 radical (unpaired) electrons. The van der Waals surface area contributed by atoms with E-state index >= 15 is 0 Å². The summed E-state index contributed by atoms with van der Waals surface area (Å²) >= 11 is 1.53. The van der Waals surface area contributed by atoms with E-state index in [9.17, 15) is 14.7 Å². The van der Waals surface area contributed by atoms with E-state index in [0.717, 1.165) is 45.8 Å². The van der Waals surface area contributed by atoms with Gasteiger partial charge in [-0.05, 0) is 50.7 Å². The molecule has 0 aliphatic heterocycles. The molecule has 1 saturated carbocycles. The molecule has 1 fully saturated rings. The number of methoxy groups -OCH3 is 1. The molecule has 0 saturated heterocycles. The third-order valence-corrected chi connectivity index (χ3v) is 8.31. The molecule has 1 aromatic carbocycles. The van der Waals surface area contributed by atoms with E-state index in [2.05, 4.69) is 20.4 Å². The lowest BCUT2D eigenvalue weighted by Crippen LogP contribution is -2.37. The van der Waals surface area contributed by atoms with Crippen LogP contribution in [0.5, 0.6) is 11.5 Å². The fraction of sp³-hybridized carbons (Fsp3) is 0.467. The summed E-state index contributed by atoms with van der Waals surface area (Å²) in [4.78, 5) is 36.7. The number of carboxylic acids is 1. The minimum absolute atomic E-state index is 0.151. The first-order chi connectivity index (χ1) is 18.6. The number of fused-ring (bicyclic) bond motifs is 1. The Labute approximate surface area is 233 Å². The zero-order valence-corrected chi connectivity index (χ0v) is 24.1. The monoisotopic (exact) mass is 551 g/mol. The topological polar surface area (TPSA) is 102 Å². The molecule has 1 amide bonds. The molecule has 39 heavy (non-hydrogen) atoms. The zero-order valence-electron chi connectivity index (χ0n) is 23.3. The maximum atomic E-state index is 13.2. The average molecular weight is 552 g/mol. The van der Waals surface area contributed by atoms with Crippen LogP contribution in [0.2, 0.25) is 0 Å². The van der Waals surface area contributed by atoms with Gasteiger partial charge in [0.2, 0.25) is 5.91 Å². The number of unbranched alkanes of at least 4 members (excludes halogenated alkanes) is 1. The van der Waals surface area contributed by atoms with Gasteiger partial charge in [-0.2, -0.15) is 0 Å². The highest BCUT2D eigenvalue weighted by atomic mass is 32.1. The van der Waals surface area contributed by atoms with Gasteiger partial charge in [-0.15, -0.1) is 17.9 Å². The second-order valence-electron chi connectivity index (χ2n) is 10.5. The number of carboxylic acid groups (broad SMARTS) is 1. The summed E-state index contributed by atoms with van der Waals surface area (Å²) in [6.45, 7) is 10.4. The number of pyridine rings is 1. The van der Waals surface area contributed by atoms with Gasteiger partial charge in [0.1, 0.15) is 28.3 Å². The largest absolute Gasteiger partial charge is 0.496 e. The summed E-state index contributed by atoms with van der Waals surface area (Å²) in [5.74, 6) is -0.940. The van der Waals surface area contributed by atoms with E-state index in [1.807, 2.05) is 36.6 Å². The van der Waals surface area contributed by atoms with Crippen molar-refractivity contribution in [3.05, 3.63) is 47.5 Å². The van der Waals surface area contributed by atoms with E-state index in [0.29, 0.717) is 30.3 Å². The van der Waals surface area contributed by atoms with E-state index in [-0.39, 0.29) is 12.3 Å². The van der Waals surface area contributed by atoms with E-state index in [1.165, 1.54) is 11.3 Å². The van der Waals surface area contributed by atoms with Crippen molar-refractivity contribution in [2.45, 2.75) is 58.5 Å². The molecule has 9 heteroatoms. The molecule has 1 N–H and O–H groups in total. The van der Waals surface area contributed by atoms with Gasteiger partial charge < -0.3 is 19.5 Å². The van der Waals surface area contributed by atoms with Crippen molar-refractivity contribution in [3.8, 4) is 22.2 Å². The minimum Gasteiger partial charge on any atom is -0.496 e. The number of amides is 1. The zero-order chi connectivity index (χ0) is 28.3. The number of carbonyl (C=O) groups excluding carboxylic acids is 1. The first-order valence-electron chi connectivity index (χ1n) is 13.3. The van der Waals surface area contributed by atoms with Crippen LogP contribution in [-0.2, 0) is 9.59 Å². The molecule has 3 atom stereocenters. The molecular formula is C30H37N3O5S. The van der Waals surface area contributed by atoms with Crippen LogP contribution in [0.15, 0.2) is 36.2 Å². The van der Waals surface area contributed by atoms with Crippen LogP contribution in [0.1, 0.15) is 56.7 Å². The predicted molar refractivity (Wildman–Crippen MR) is 154 cm³/mol. The number of aromatic nitrogens is 2. The Balaban J connectivity index is 1.68. The highest BCUT2D eigenvalue weighted by Crippen LogP contribution is 2.40. The number of hydrogen-bond acceptors (Lipinski definition) is 7. The van der Waals surface area contributed by atoms with E-state index in [4.69, 9.17) is 19.4 Å². The van der Waals surface area contributed by atoms with Crippen molar-refractivity contribution in [1.82, 2.24) is 14.9 Å².